The highest BCUT2D eigenvalue weighted by atomic mass is 16.1. The maximum Gasteiger partial charge on any atom is 0.231 e. The summed E-state index contributed by atoms with van der Waals surface area (Å²) >= 11 is 0. The first-order valence-electron chi connectivity index (χ1n) is 8.31. The number of hydrogen-bond donors (Lipinski definition) is 1. The topological polar surface area (TPSA) is 49.6 Å². The predicted molar refractivity (Wildman–Crippen MR) is 84.6 cm³/mol. The standard InChI is InChI=1S/C16H33N3O/c1-4-9-19(12-6-14(3)5-2)15-7-10-18(11-8-15)13-16(17)20/h14-15H,4-13H2,1-3H3,(H2,17,20). The molecular formula is C16H33N3O. The van der Waals surface area contributed by atoms with E-state index >= 15 is 0 Å². The van der Waals surface area contributed by atoms with E-state index in [-0.39, 0.29) is 5.91 Å². The number of amides is 1. The van der Waals surface area contributed by atoms with Crippen molar-refractivity contribution in [1.82, 2.24) is 9.80 Å². The molecule has 0 aromatic rings. The van der Waals surface area contributed by atoms with Crippen molar-refractivity contribution in [2.45, 2.75) is 58.9 Å². The third-order valence-electron chi connectivity index (χ3n) is 4.57. The number of nitrogens with two attached hydrogens (primary N) is 1. The van der Waals surface area contributed by atoms with Gasteiger partial charge in [-0.15, -0.1) is 0 Å². The van der Waals surface area contributed by atoms with E-state index in [1.54, 1.807) is 0 Å². The molecule has 4 heteroatoms. The molecule has 1 atom stereocenters. The summed E-state index contributed by atoms with van der Waals surface area (Å²) in [6, 6.07) is 0.697. The second-order valence-electron chi connectivity index (χ2n) is 6.31. The van der Waals surface area contributed by atoms with Gasteiger partial charge in [0.2, 0.25) is 5.91 Å². The molecule has 2 N–H and O–H groups in total. The number of primary amides is 1. The van der Waals surface area contributed by atoms with Crippen molar-refractivity contribution in [3.05, 3.63) is 0 Å². The average Bonchev–Trinajstić information content (AvgIpc) is 2.43. The van der Waals surface area contributed by atoms with Crippen molar-refractivity contribution >= 4 is 5.91 Å². The monoisotopic (exact) mass is 283 g/mol. The molecule has 1 saturated heterocycles. The second-order valence-corrected chi connectivity index (χ2v) is 6.31. The van der Waals surface area contributed by atoms with Crippen LogP contribution in [0.15, 0.2) is 0 Å². The van der Waals surface area contributed by atoms with E-state index < -0.39 is 0 Å². The number of carbonyl (C=O) groups is 1. The Morgan fingerprint density at radius 2 is 1.95 bits per heavy atom. The fraction of sp³-hybridized carbons (Fsp3) is 0.938. The van der Waals surface area contributed by atoms with Gasteiger partial charge in [-0.25, -0.2) is 0 Å². The molecule has 4 nitrogen and oxygen atoms in total. The molecule has 1 unspecified atom stereocenters. The molecule has 1 fully saturated rings. The van der Waals surface area contributed by atoms with Crippen LogP contribution in [0, 0.1) is 5.92 Å². The molecule has 1 rings (SSSR count). The Bertz CT molecular complexity index is 275. The van der Waals surface area contributed by atoms with Gasteiger partial charge >= 0.3 is 0 Å². The molecule has 0 aromatic carbocycles. The van der Waals surface area contributed by atoms with Crippen LogP contribution < -0.4 is 5.73 Å². The van der Waals surface area contributed by atoms with Crippen molar-refractivity contribution in [3.63, 3.8) is 0 Å². The van der Waals surface area contributed by atoms with Gasteiger partial charge in [0.15, 0.2) is 0 Å². The van der Waals surface area contributed by atoms with E-state index in [9.17, 15) is 4.79 Å². The SMILES string of the molecule is CCCN(CCC(C)CC)C1CCN(CC(N)=O)CC1. The van der Waals surface area contributed by atoms with Gasteiger partial charge in [-0.3, -0.25) is 9.69 Å². The summed E-state index contributed by atoms with van der Waals surface area (Å²) in [6.07, 6.45) is 6.15. The van der Waals surface area contributed by atoms with Crippen LogP contribution in [0.3, 0.4) is 0 Å². The summed E-state index contributed by atoms with van der Waals surface area (Å²) < 4.78 is 0. The third-order valence-corrected chi connectivity index (χ3v) is 4.57. The summed E-state index contributed by atoms with van der Waals surface area (Å²) in [4.78, 5) is 15.8. The first-order chi connectivity index (χ1) is 9.56. The molecule has 0 aromatic heterocycles. The maximum atomic E-state index is 11.0. The first-order valence-corrected chi connectivity index (χ1v) is 8.31. The first kappa shape index (κ1) is 17.4. The van der Waals surface area contributed by atoms with Crippen LogP contribution >= 0.6 is 0 Å². The van der Waals surface area contributed by atoms with Gasteiger partial charge in [-0.1, -0.05) is 27.2 Å². The fourth-order valence-corrected chi connectivity index (χ4v) is 3.02. The van der Waals surface area contributed by atoms with E-state index in [0.717, 1.165) is 19.0 Å². The summed E-state index contributed by atoms with van der Waals surface area (Å²) in [6.45, 7) is 11.8. The van der Waals surface area contributed by atoms with E-state index in [1.807, 2.05) is 0 Å². The van der Waals surface area contributed by atoms with Crippen LogP contribution in [0.5, 0.6) is 0 Å². The highest BCUT2D eigenvalue weighted by molar-refractivity contribution is 5.75. The molecule has 1 aliphatic rings. The van der Waals surface area contributed by atoms with E-state index in [0.29, 0.717) is 12.6 Å². The highest BCUT2D eigenvalue weighted by Crippen LogP contribution is 2.18. The Balaban J connectivity index is 2.38. The van der Waals surface area contributed by atoms with Crippen molar-refractivity contribution in [2.75, 3.05) is 32.7 Å². The Labute approximate surface area is 124 Å². The zero-order valence-corrected chi connectivity index (χ0v) is 13.6. The van der Waals surface area contributed by atoms with Gasteiger partial charge < -0.3 is 10.6 Å². The lowest BCUT2D eigenvalue weighted by atomic mass is 10.00. The van der Waals surface area contributed by atoms with Crippen LogP contribution in [0.25, 0.3) is 0 Å². The Morgan fingerprint density at radius 1 is 1.30 bits per heavy atom. The van der Waals surface area contributed by atoms with Crippen LogP contribution in [0.1, 0.15) is 52.9 Å². The summed E-state index contributed by atoms with van der Waals surface area (Å²) in [5.74, 6) is 0.620. The van der Waals surface area contributed by atoms with Gasteiger partial charge in [-0.2, -0.15) is 0 Å². The minimum atomic E-state index is -0.203. The maximum absolute atomic E-state index is 11.0. The van der Waals surface area contributed by atoms with E-state index in [1.165, 1.54) is 45.2 Å². The second kappa shape index (κ2) is 9.35. The van der Waals surface area contributed by atoms with Gasteiger partial charge in [0.05, 0.1) is 6.54 Å². The number of carbonyl (C=O) groups excluding carboxylic acids is 1. The van der Waals surface area contributed by atoms with E-state index in [2.05, 4.69) is 30.6 Å². The van der Waals surface area contributed by atoms with Crippen LogP contribution in [0.2, 0.25) is 0 Å². The van der Waals surface area contributed by atoms with Crippen molar-refractivity contribution in [2.24, 2.45) is 11.7 Å². The molecule has 0 saturated carbocycles. The average molecular weight is 283 g/mol. The highest BCUT2D eigenvalue weighted by Gasteiger charge is 2.24. The smallest absolute Gasteiger partial charge is 0.231 e. The Morgan fingerprint density at radius 3 is 2.45 bits per heavy atom. The number of hydrogen-bond acceptors (Lipinski definition) is 3. The van der Waals surface area contributed by atoms with Crippen LogP contribution in [0.4, 0.5) is 0 Å². The number of piperidine rings is 1. The molecule has 1 aliphatic heterocycles. The fourth-order valence-electron chi connectivity index (χ4n) is 3.02. The summed E-state index contributed by atoms with van der Waals surface area (Å²) in [7, 11) is 0. The normalized spacial score (nSPS) is 19.4. The predicted octanol–water partition coefficient (Wildman–Crippen LogP) is 2.08. The molecule has 0 radical (unpaired) electrons. The van der Waals surface area contributed by atoms with E-state index in [4.69, 9.17) is 5.73 Å². The minimum Gasteiger partial charge on any atom is -0.369 e. The lowest BCUT2D eigenvalue weighted by Gasteiger charge is -2.38. The molecule has 0 spiro atoms. The summed E-state index contributed by atoms with van der Waals surface area (Å²) in [5, 5.41) is 0. The van der Waals surface area contributed by atoms with Crippen molar-refractivity contribution in [1.29, 1.82) is 0 Å². The molecule has 0 aliphatic carbocycles. The minimum absolute atomic E-state index is 0.203. The molecule has 1 heterocycles. The number of likely N-dealkylation sites (tertiary alicyclic amines) is 1. The molecule has 20 heavy (non-hydrogen) atoms. The van der Waals surface area contributed by atoms with Gasteiger partial charge in [-0.05, 0) is 44.7 Å². The quantitative estimate of drug-likeness (QED) is 0.705. The van der Waals surface area contributed by atoms with Crippen molar-refractivity contribution in [3.8, 4) is 0 Å². The number of nitrogens with zero attached hydrogens (tertiary/aromatic N) is 2. The zero-order valence-electron chi connectivity index (χ0n) is 13.6. The van der Waals surface area contributed by atoms with Gasteiger partial charge in [0.1, 0.15) is 0 Å². The molecule has 118 valence electrons. The Hall–Kier alpha value is -0.610. The Kier molecular flexibility index (Phi) is 8.15. The van der Waals surface area contributed by atoms with Gasteiger partial charge in [0.25, 0.3) is 0 Å². The lowest BCUT2D eigenvalue weighted by Crippen LogP contribution is -2.47. The van der Waals surface area contributed by atoms with Crippen LogP contribution in [-0.4, -0.2) is 54.5 Å². The third kappa shape index (κ3) is 6.23. The largest absolute Gasteiger partial charge is 0.369 e. The molecule has 1 amide bonds. The number of rotatable bonds is 9. The summed E-state index contributed by atoms with van der Waals surface area (Å²) in [5.41, 5.74) is 5.27. The zero-order chi connectivity index (χ0) is 15.0. The molecule has 0 bridgehead atoms. The lowest BCUT2D eigenvalue weighted by molar-refractivity contribution is -0.119. The van der Waals surface area contributed by atoms with Gasteiger partial charge in [0, 0.05) is 19.1 Å². The van der Waals surface area contributed by atoms with Crippen molar-refractivity contribution < 1.29 is 4.79 Å². The molecular weight excluding hydrogens is 250 g/mol. The van der Waals surface area contributed by atoms with Crippen LogP contribution in [-0.2, 0) is 4.79 Å².